The molecule has 2 rings (SSSR count). The van der Waals surface area contributed by atoms with Crippen molar-refractivity contribution in [2.24, 2.45) is 5.73 Å². The van der Waals surface area contributed by atoms with Crippen molar-refractivity contribution in [3.8, 4) is 0 Å². The molecule has 0 amide bonds. The zero-order valence-corrected chi connectivity index (χ0v) is 11.0. The summed E-state index contributed by atoms with van der Waals surface area (Å²) in [6, 6.07) is 10.4. The zero-order valence-electron chi connectivity index (χ0n) is 10.1. The maximum atomic E-state index is 6.13. The molecule has 0 bridgehead atoms. The molecule has 90 valence electrons. The van der Waals surface area contributed by atoms with E-state index in [1.807, 2.05) is 25.1 Å². The summed E-state index contributed by atoms with van der Waals surface area (Å²) >= 11 is 1.72. The summed E-state index contributed by atoms with van der Waals surface area (Å²) < 4.78 is 5.31. The molecule has 0 aliphatic carbocycles. The Morgan fingerprint density at radius 2 is 2.00 bits per heavy atom. The molecule has 2 aromatic rings. The van der Waals surface area contributed by atoms with Crippen LogP contribution in [0.15, 0.2) is 50.8 Å². The third-order valence-electron chi connectivity index (χ3n) is 2.79. The molecule has 0 unspecified atom stereocenters. The summed E-state index contributed by atoms with van der Waals surface area (Å²) in [5, 5.41) is 0. The van der Waals surface area contributed by atoms with Gasteiger partial charge in [-0.25, -0.2) is 0 Å². The fraction of sp³-hybridized carbons (Fsp3) is 0.286. The van der Waals surface area contributed by atoms with Crippen molar-refractivity contribution in [1.82, 2.24) is 0 Å². The van der Waals surface area contributed by atoms with E-state index in [0.29, 0.717) is 0 Å². The van der Waals surface area contributed by atoms with E-state index in [4.69, 9.17) is 10.2 Å². The lowest BCUT2D eigenvalue weighted by Gasteiger charge is -2.13. The Balaban J connectivity index is 2.30. The SMILES string of the molecule is CC[C@H](N)c1ccccc1Sc1ccoc1C. The summed E-state index contributed by atoms with van der Waals surface area (Å²) in [5.41, 5.74) is 7.33. The monoisotopic (exact) mass is 247 g/mol. The topological polar surface area (TPSA) is 39.2 Å². The summed E-state index contributed by atoms with van der Waals surface area (Å²) in [6.07, 6.45) is 2.67. The fourth-order valence-electron chi connectivity index (χ4n) is 1.70. The van der Waals surface area contributed by atoms with Gasteiger partial charge >= 0.3 is 0 Å². The molecule has 0 spiro atoms. The van der Waals surface area contributed by atoms with Gasteiger partial charge in [-0.1, -0.05) is 36.9 Å². The van der Waals surface area contributed by atoms with E-state index in [9.17, 15) is 0 Å². The van der Waals surface area contributed by atoms with Gasteiger partial charge in [-0.15, -0.1) is 0 Å². The van der Waals surface area contributed by atoms with Crippen molar-refractivity contribution in [2.45, 2.75) is 36.1 Å². The first-order chi connectivity index (χ1) is 8.22. The Bertz CT molecular complexity index is 492. The van der Waals surface area contributed by atoms with Crippen molar-refractivity contribution in [2.75, 3.05) is 0 Å². The van der Waals surface area contributed by atoms with Gasteiger partial charge in [0.25, 0.3) is 0 Å². The van der Waals surface area contributed by atoms with Crippen molar-refractivity contribution < 1.29 is 4.42 Å². The fourth-order valence-corrected chi connectivity index (χ4v) is 2.73. The van der Waals surface area contributed by atoms with E-state index >= 15 is 0 Å². The molecule has 1 atom stereocenters. The van der Waals surface area contributed by atoms with E-state index in [1.54, 1.807) is 18.0 Å². The number of hydrogen-bond donors (Lipinski definition) is 1. The lowest BCUT2D eigenvalue weighted by atomic mass is 10.1. The maximum absolute atomic E-state index is 6.13. The van der Waals surface area contributed by atoms with Crippen LogP contribution in [-0.2, 0) is 0 Å². The molecule has 0 fully saturated rings. The van der Waals surface area contributed by atoms with E-state index in [-0.39, 0.29) is 6.04 Å². The molecule has 2 nitrogen and oxygen atoms in total. The summed E-state index contributed by atoms with van der Waals surface area (Å²) in [4.78, 5) is 2.37. The molecule has 1 aromatic heterocycles. The van der Waals surface area contributed by atoms with E-state index in [1.165, 1.54) is 10.5 Å². The molecule has 2 N–H and O–H groups in total. The van der Waals surface area contributed by atoms with Gasteiger partial charge in [-0.05, 0) is 31.0 Å². The predicted molar refractivity (Wildman–Crippen MR) is 71.2 cm³/mol. The minimum absolute atomic E-state index is 0.103. The molecule has 3 heteroatoms. The summed E-state index contributed by atoms with van der Waals surface area (Å²) in [6.45, 7) is 4.08. The highest BCUT2D eigenvalue weighted by Gasteiger charge is 2.11. The van der Waals surface area contributed by atoms with Gasteiger partial charge in [0, 0.05) is 10.9 Å². The molecule has 1 aromatic carbocycles. The van der Waals surface area contributed by atoms with Crippen LogP contribution in [0.1, 0.15) is 30.7 Å². The highest BCUT2D eigenvalue weighted by atomic mass is 32.2. The van der Waals surface area contributed by atoms with Crippen LogP contribution < -0.4 is 5.73 Å². The second kappa shape index (κ2) is 5.43. The van der Waals surface area contributed by atoms with Crippen molar-refractivity contribution in [1.29, 1.82) is 0 Å². The molecule has 1 heterocycles. The smallest absolute Gasteiger partial charge is 0.114 e. The van der Waals surface area contributed by atoms with Gasteiger partial charge < -0.3 is 10.2 Å². The number of benzene rings is 1. The van der Waals surface area contributed by atoms with Crippen LogP contribution in [0.4, 0.5) is 0 Å². The lowest BCUT2D eigenvalue weighted by molar-refractivity contribution is 0.527. The van der Waals surface area contributed by atoms with Gasteiger partial charge in [-0.2, -0.15) is 0 Å². The van der Waals surface area contributed by atoms with Gasteiger partial charge in [-0.3, -0.25) is 0 Å². The van der Waals surface area contributed by atoms with Crippen LogP contribution >= 0.6 is 11.8 Å². The number of nitrogens with two attached hydrogens (primary N) is 1. The second-order valence-electron chi connectivity index (χ2n) is 4.00. The quantitative estimate of drug-likeness (QED) is 0.882. The number of furan rings is 1. The van der Waals surface area contributed by atoms with Crippen molar-refractivity contribution in [3.63, 3.8) is 0 Å². The minimum Gasteiger partial charge on any atom is -0.468 e. The van der Waals surface area contributed by atoms with Gasteiger partial charge in [0.05, 0.1) is 11.2 Å². The Labute approximate surface area is 106 Å². The van der Waals surface area contributed by atoms with Crippen LogP contribution in [0.3, 0.4) is 0 Å². The minimum atomic E-state index is 0.103. The first-order valence-electron chi connectivity index (χ1n) is 5.78. The predicted octanol–water partition coefficient (Wildman–Crippen LogP) is 4.15. The number of aryl methyl sites for hydroxylation is 1. The molecule has 0 radical (unpaired) electrons. The van der Waals surface area contributed by atoms with Gasteiger partial charge in [0.15, 0.2) is 0 Å². The molecular weight excluding hydrogens is 230 g/mol. The molecule has 0 saturated heterocycles. The van der Waals surface area contributed by atoms with Gasteiger partial charge in [0.2, 0.25) is 0 Å². The molecule has 17 heavy (non-hydrogen) atoms. The first-order valence-corrected chi connectivity index (χ1v) is 6.60. The molecule has 0 aliphatic heterocycles. The summed E-state index contributed by atoms with van der Waals surface area (Å²) in [7, 11) is 0. The molecule has 0 saturated carbocycles. The summed E-state index contributed by atoms with van der Waals surface area (Å²) in [5.74, 6) is 0.954. The Hall–Kier alpha value is -1.19. The average molecular weight is 247 g/mol. The molecule has 0 aliphatic rings. The average Bonchev–Trinajstić information content (AvgIpc) is 2.75. The second-order valence-corrected chi connectivity index (χ2v) is 5.08. The highest BCUT2D eigenvalue weighted by molar-refractivity contribution is 7.99. The Morgan fingerprint density at radius 3 is 2.65 bits per heavy atom. The van der Waals surface area contributed by atoms with Crippen molar-refractivity contribution >= 4 is 11.8 Å². The van der Waals surface area contributed by atoms with Crippen molar-refractivity contribution in [3.05, 3.63) is 47.9 Å². The van der Waals surface area contributed by atoms with E-state index < -0.39 is 0 Å². The maximum Gasteiger partial charge on any atom is 0.114 e. The standard InChI is InChI=1S/C14H17NOS/c1-3-12(15)11-6-4-5-7-14(11)17-13-8-9-16-10(13)2/h4-9,12H,3,15H2,1-2H3/t12-/m0/s1. The van der Waals surface area contributed by atoms with Crippen LogP contribution in [0, 0.1) is 6.92 Å². The van der Waals surface area contributed by atoms with E-state index in [0.717, 1.165) is 17.1 Å². The Morgan fingerprint density at radius 1 is 1.24 bits per heavy atom. The lowest BCUT2D eigenvalue weighted by Crippen LogP contribution is -2.09. The number of hydrogen-bond acceptors (Lipinski definition) is 3. The molecular formula is C14H17NOS. The zero-order chi connectivity index (χ0) is 12.3. The largest absolute Gasteiger partial charge is 0.468 e. The Kier molecular flexibility index (Phi) is 3.92. The highest BCUT2D eigenvalue weighted by Crippen LogP contribution is 2.35. The van der Waals surface area contributed by atoms with Gasteiger partial charge in [0.1, 0.15) is 5.76 Å². The number of rotatable bonds is 4. The third kappa shape index (κ3) is 2.73. The van der Waals surface area contributed by atoms with Crippen LogP contribution in [-0.4, -0.2) is 0 Å². The van der Waals surface area contributed by atoms with Crippen LogP contribution in [0.5, 0.6) is 0 Å². The van der Waals surface area contributed by atoms with Crippen LogP contribution in [0.2, 0.25) is 0 Å². The first kappa shape index (κ1) is 12.3. The van der Waals surface area contributed by atoms with E-state index in [2.05, 4.69) is 19.1 Å². The normalized spacial score (nSPS) is 12.6. The van der Waals surface area contributed by atoms with Crippen LogP contribution in [0.25, 0.3) is 0 Å². The third-order valence-corrected chi connectivity index (χ3v) is 4.02.